The molecule has 0 radical (unpaired) electrons. The van der Waals surface area contributed by atoms with Gasteiger partial charge in [0, 0.05) is 31.0 Å². The summed E-state index contributed by atoms with van der Waals surface area (Å²) >= 11 is 0. The van der Waals surface area contributed by atoms with E-state index in [-0.39, 0.29) is 54.6 Å². The van der Waals surface area contributed by atoms with Gasteiger partial charge in [-0.1, -0.05) is 11.5 Å². The highest BCUT2D eigenvalue weighted by Crippen LogP contribution is 2.61. The van der Waals surface area contributed by atoms with Gasteiger partial charge < -0.3 is 14.6 Å². The fraction of sp³-hybridized carbons (Fsp3) is 0.542. The van der Waals surface area contributed by atoms with E-state index in [1.165, 1.54) is 25.3 Å². The number of alkyl halides is 3. The van der Waals surface area contributed by atoms with Crippen LogP contribution in [0.1, 0.15) is 83.8 Å². The van der Waals surface area contributed by atoms with Crippen LogP contribution in [0.2, 0.25) is 0 Å². The summed E-state index contributed by atoms with van der Waals surface area (Å²) in [6.07, 6.45) is 1.19. The molecule has 36 heavy (non-hydrogen) atoms. The highest BCUT2D eigenvalue weighted by molar-refractivity contribution is 6.05. The number of imide groups is 1. The zero-order chi connectivity index (χ0) is 25.2. The van der Waals surface area contributed by atoms with Crippen molar-refractivity contribution < 1.29 is 32.0 Å². The van der Waals surface area contributed by atoms with Gasteiger partial charge in [-0.2, -0.15) is 13.2 Å². The van der Waals surface area contributed by atoms with E-state index >= 15 is 0 Å². The zero-order valence-electron chi connectivity index (χ0n) is 19.3. The van der Waals surface area contributed by atoms with Crippen LogP contribution in [0.4, 0.5) is 19.2 Å². The molecule has 3 fully saturated rings. The van der Waals surface area contributed by atoms with E-state index in [9.17, 15) is 27.6 Å². The van der Waals surface area contributed by atoms with Gasteiger partial charge in [0.05, 0.1) is 5.56 Å². The van der Waals surface area contributed by atoms with Crippen molar-refractivity contribution in [1.29, 1.82) is 0 Å². The molecule has 3 heterocycles. The van der Waals surface area contributed by atoms with E-state index in [1.54, 1.807) is 0 Å². The minimum atomic E-state index is -4.69. The number of hydrogen-bond acceptors (Lipinski definition) is 7. The quantitative estimate of drug-likeness (QED) is 0.600. The Balaban J connectivity index is 1.19. The highest BCUT2D eigenvalue weighted by Gasteiger charge is 2.50. The summed E-state index contributed by atoms with van der Waals surface area (Å²) in [4.78, 5) is 37.9. The lowest BCUT2D eigenvalue weighted by atomic mass is 9.52. The number of nitrogens with one attached hydrogen (secondary N) is 2. The fourth-order valence-electron chi connectivity index (χ4n) is 5.97. The Kier molecular flexibility index (Phi) is 5.13. The number of halogens is 3. The monoisotopic (exact) mass is 503 g/mol. The molecule has 2 N–H and O–H groups in total. The minimum Gasteiger partial charge on any atom is -0.408 e. The molecule has 1 saturated heterocycles. The maximum atomic E-state index is 13.9. The number of hydrogen-bond donors (Lipinski definition) is 2. The number of nitrogens with zero attached hydrogens (tertiary/aromatic N) is 3. The molecule has 2 saturated carbocycles. The minimum absolute atomic E-state index is 0.0197. The van der Waals surface area contributed by atoms with Gasteiger partial charge >= 0.3 is 12.2 Å². The Hall–Kier alpha value is -3.44. The summed E-state index contributed by atoms with van der Waals surface area (Å²) in [7, 11) is 0. The molecule has 1 spiro atoms. The summed E-state index contributed by atoms with van der Waals surface area (Å²) in [5.74, 6) is -1.04. The number of rotatable bonds is 5. The molecule has 1 unspecified atom stereocenters. The molecular formula is C24H24F3N5O4. The Morgan fingerprint density at radius 2 is 1.94 bits per heavy atom. The van der Waals surface area contributed by atoms with Gasteiger partial charge in [0.15, 0.2) is 0 Å². The SMILES string of the molecule is O=C1CCC(N2Cc3c(cc(CNc4nnc(C5CC6(CCC6)C5)o4)cc3C(F)(F)F)C2=O)C(=O)N1. The van der Waals surface area contributed by atoms with Crippen LogP contribution in [0, 0.1) is 5.41 Å². The zero-order valence-corrected chi connectivity index (χ0v) is 19.3. The van der Waals surface area contributed by atoms with Crippen LogP contribution in [-0.4, -0.2) is 38.9 Å². The summed E-state index contributed by atoms with van der Waals surface area (Å²) in [5.41, 5.74) is -0.532. The number of fused-ring (bicyclic) bond motifs is 1. The van der Waals surface area contributed by atoms with Crippen LogP contribution in [0.3, 0.4) is 0 Å². The Bertz CT molecular complexity index is 1260. The maximum Gasteiger partial charge on any atom is 0.416 e. The molecular weight excluding hydrogens is 479 g/mol. The number of anilines is 1. The first-order valence-electron chi connectivity index (χ1n) is 12.1. The average Bonchev–Trinajstić information content (AvgIpc) is 3.34. The standard InChI is InChI=1S/C24H24F3N5O4/c25-24(26,27)16-7-12(10-28-22-31-30-20(36-22)13-8-23(9-13)4-1-5-23)6-14-15(16)11-32(21(14)35)17-2-3-18(33)29-19(17)34/h6-7,13,17H,1-5,8-11H2,(H,28,31)(H,29,33,34). The van der Waals surface area contributed by atoms with Crippen molar-refractivity contribution in [3.05, 3.63) is 40.3 Å². The molecule has 1 aromatic heterocycles. The van der Waals surface area contributed by atoms with Gasteiger partial charge in [-0.3, -0.25) is 19.7 Å². The average molecular weight is 503 g/mol. The second-order valence-corrected chi connectivity index (χ2v) is 10.3. The fourth-order valence-corrected chi connectivity index (χ4v) is 5.97. The normalized spacial score (nSPS) is 23.4. The van der Waals surface area contributed by atoms with Crippen LogP contribution in [0.5, 0.6) is 0 Å². The summed E-state index contributed by atoms with van der Waals surface area (Å²) in [5, 5.41) is 13.1. The lowest BCUT2D eigenvalue weighted by Crippen LogP contribution is -2.52. The number of amides is 3. The molecule has 3 amide bonds. The molecule has 2 aliphatic carbocycles. The van der Waals surface area contributed by atoms with Crippen LogP contribution in [0.15, 0.2) is 16.5 Å². The molecule has 0 bridgehead atoms. The van der Waals surface area contributed by atoms with Crippen molar-refractivity contribution in [2.24, 2.45) is 5.41 Å². The molecule has 6 rings (SSSR count). The van der Waals surface area contributed by atoms with Gasteiger partial charge in [-0.25, -0.2) is 0 Å². The van der Waals surface area contributed by atoms with E-state index in [0.717, 1.165) is 23.8 Å². The number of aromatic nitrogens is 2. The lowest BCUT2D eigenvalue weighted by Gasteiger charge is -2.53. The molecule has 1 aromatic carbocycles. The van der Waals surface area contributed by atoms with Crippen LogP contribution in [0.25, 0.3) is 0 Å². The van der Waals surface area contributed by atoms with Crippen molar-refractivity contribution in [1.82, 2.24) is 20.4 Å². The molecule has 1 atom stereocenters. The molecule has 2 aliphatic heterocycles. The molecule has 9 nitrogen and oxygen atoms in total. The van der Waals surface area contributed by atoms with Gasteiger partial charge in [0.25, 0.3) is 5.91 Å². The van der Waals surface area contributed by atoms with Crippen molar-refractivity contribution >= 4 is 23.7 Å². The van der Waals surface area contributed by atoms with E-state index < -0.39 is 35.5 Å². The molecule has 4 aliphatic rings. The van der Waals surface area contributed by atoms with Crippen LogP contribution < -0.4 is 10.6 Å². The third kappa shape index (κ3) is 3.82. The first kappa shape index (κ1) is 23.0. The van der Waals surface area contributed by atoms with Gasteiger partial charge in [-0.15, -0.1) is 5.10 Å². The smallest absolute Gasteiger partial charge is 0.408 e. The van der Waals surface area contributed by atoms with Crippen molar-refractivity contribution in [3.63, 3.8) is 0 Å². The topological polar surface area (TPSA) is 117 Å². The second-order valence-electron chi connectivity index (χ2n) is 10.3. The van der Waals surface area contributed by atoms with E-state index in [2.05, 4.69) is 20.8 Å². The first-order chi connectivity index (χ1) is 17.1. The van der Waals surface area contributed by atoms with Gasteiger partial charge in [0.2, 0.25) is 17.7 Å². The van der Waals surface area contributed by atoms with Gasteiger partial charge in [0.1, 0.15) is 6.04 Å². The van der Waals surface area contributed by atoms with Crippen molar-refractivity contribution in [2.75, 3.05) is 5.32 Å². The number of carbonyl (C=O) groups excluding carboxylic acids is 3. The number of carbonyl (C=O) groups is 3. The lowest BCUT2D eigenvalue weighted by molar-refractivity contribution is -0.138. The van der Waals surface area contributed by atoms with Crippen molar-refractivity contribution in [2.45, 2.75) is 76.2 Å². The summed E-state index contributed by atoms with van der Waals surface area (Å²) in [6, 6.07) is 1.52. The van der Waals surface area contributed by atoms with Crippen LogP contribution in [-0.2, 0) is 28.9 Å². The third-order valence-corrected chi connectivity index (χ3v) is 8.03. The third-order valence-electron chi connectivity index (χ3n) is 8.03. The summed E-state index contributed by atoms with van der Waals surface area (Å²) in [6.45, 7) is -0.406. The van der Waals surface area contributed by atoms with E-state index in [0.29, 0.717) is 11.3 Å². The Labute approximate surface area is 203 Å². The largest absolute Gasteiger partial charge is 0.416 e. The maximum absolute atomic E-state index is 13.9. The Morgan fingerprint density at radius 1 is 1.17 bits per heavy atom. The van der Waals surface area contributed by atoms with Crippen LogP contribution >= 0.6 is 0 Å². The van der Waals surface area contributed by atoms with E-state index in [4.69, 9.17) is 4.42 Å². The Morgan fingerprint density at radius 3 is 2.61 bits per heavy atom. The van der Waals surface area contributed by atoms with Gasteiger partial charge in [-0.05, 0) is 60.8 Å². The predicted octanol–water partition coefficient (Wildman–Crippen LogP) is 3.51. The van der Waals surface area contributed by atoms with Crippen molar-refractivity contribution in [3.8, 4) is 0 Å². The molecule has 2 aromatic rings. The highest BCUT2D eigenvalue weighted by atomic mass is 19.4. The molecule has 12 heteroatoms. The second kappa shape index (κ2) is 8.04. The summed E-state index contributed by atoms with van der Waals surface area (Å²) < 4.78 is 47.5. The predicted molar refractivity (Wildman–Crippen MR) is 117 cm³/mol. The first-order valence-corrected chi connectivity index (χ1v) is 12.1. The molecule has 190 valence electrons. The van der Waals surface area contributed by atoms with E-state index in [1.807, 2.05) is 0 Å². The number of benzene rings is 1. The number of piperidine rings is 1.